The molecule has 1 unspecified atom stereocenters. The van der Waals surface area contributed by atoms with Crippen LogP contribution in [0, 0.1) is 12.7 Å². The van der Waals surface area contributed by atoms with Gasteiger partial charge in [0.05, 0.1) is 7.11 Å². The maximum Gasteiger partial charge on any atom is 0.326 e. The molecule has 0 spiro atoms. The number of carbonyl (C=O) groups excluding carboxylic acids is 1. The number of esters is 1. The number of rotatable bonds is 6. The second kappa shape index (κ2) is 6.96. The summed E-state index contributed by atoms with van der Waals surface area (Å²) in [5.74, 6) is -0.729. The van der Waals surface area contributed by atoms with E-state index in [1.807, 2.05) is 13.8 Å². The number of aryl methyl sites for hydroxylation is 1. The summed E-state index contributed by atoms with van der Waals surface area (Å²) in [6, 6.07) is 3.99. The van der Waals surface area contributed by atoms with Gasteiger partial charge in [-0.3, -0.25) is 4.79 Å². The minimum absolute atomic E-state index is 0.0287. The molecule has 1 atom stereocenters. The van der Waals surface area contributed by atoms with Crippen molar-refractivity contribution in [1.82, 2.24) is 5.32 Å². The van der Waals surface area contributed by atoms with Crippen LogP contribution in [0.5, 0.6) is 5.75 Å². The van der Waals surface area contributed by atoms with Crippen molar-refractivity contribution in [3.63, 3.8) is 0 Å². The molecule has 0 amide bonds. The summed E-state index contributed by atoms with van der Waals surface area (Å²) in [4.78, 5) is 11.4. The van der Waals surface area contributed by atoms with Crippen molar-refractivity contribution in [2.75, 3.05) is 20.3 Å². The van der Waals surface area contributed by atoms with Crippen LogP contribution in [0.15, 0.2) is 18.2 Å². The number of nitrogens with one attached hydrogen (secondary N) is 1. The van der Waals surface area contributed by atoms with Crippen molar-refractivity contribution in [3.8, 4) is 5.75 Å². The molecule has 100 valence electrons. The first-order chi connectivity index (χ1) is 8.58. The van der Waals surface area contributed by atoms with E-state index in [0.29, 0.717) is 6.54 Å². The molecule has 0 bridgehead atoms. The predicted octanol–water partition coefficient (Wildman–Crippen LogP) is 1.66. The molecule has 0 aliphatic carbocycles. The zero-order chi connectivity index (χ0) is 13.5. The van der Waals surface area contributed by atoms with Crippen LogP contribution in [-0.4, -0.2) is 32.3 Å². The van der Waals surface area contributed by atoms with Gasteiger partial charge < -0.3 is 14.8 Å². The maximum atomic E-state index is 13.4. The van der Waals surface area contributed by atoms with Gasteiger partial charge in [-0.05, 0) is 31.2 Å². The number of ether oxygens (including phenoxy) is 2. The van der Waals surface area contributed by atoms with E-state index in [1.165, 1.54) is 13.2 Å². The second-order valence-electron chi connectivity index (χ2n) is 3.88. The van der Waals surface area contributed by atoms with Gasteiger partial charge in [-0.15, -0.1) is 0 Å². The normalized spacial score (nSPS) is 12.0. The Morgan fingerprint density at radius 1 is 1.50 bits per heavy atom. The molecule has 0 saturated heterocycles. The Kier molecular flexibility index (Phi) is 5.58. The van der Waals surface area contributed by atoms with Gasteiger partial charge in [0.1, 0.15) is 12.6 Å². The number of benzene rings is 1. The smallest absolute Gasteiger partial charge is 0.326 e. The van der Waals surface area contributed by atoms with E-state index in [0.717, 1.165) is 5.56 Å². The number of carbonyl (C=O) groups is 1. The summed E-state index contributed by atoms with van der Waals surface area (Å²) >= 11 is 0. The van der Waals surface area contributed by atoms with Gasteiger partial charge >= 0.3 is 5.97 Å². The highest BCUT2D eigenvalue weighted by atomic mass is 19.1. The molecule has 1 rings (SSSR count). The molecule has 1 aromatic rings. The fraction of sp³-hybridized carbons (Fsp3) is 0.462. The Balaban J connectivity index is 2.66. The van der Waals surface area contributed by atoms with Crippen LogP contribution in [0.25, 0.3) is 0 Å². The van der Waals surface area contributed by atoms with E-state index < -0.39 is 17.8 Å². The lowest BCUT2D eigenvalue weighted by Crippen LogP contribution is -2.42. The lowest BCUT2D eigenvalue weighted by Gasteiger charge is -2.16. The zero-order valence-corrected chi connectivity index (χ0v) is 10.8. The highest BCUT2D eigenvalue weighted by Crippen LogP contribution is 2.18. The Morgan fingerprint density at radius 3 is 2.83 bits per heavy atom. The van der Waals surface area contributed by atoms with Gasteiger partial charge in [0.15, 0.2) is 11.6 Å². The Hall–Kier alpha value is -1.62. The molecular weight excluding hydrogens is 237 g/mol. The molecule has 1 N–H and O–H groups in total. The highest BCUT2D eigenvalue weighted by Gasteiger charge is 2.19. The molecular formula is C13H18FNO3. The van der Waals surface area contributed by atoms with Gasteiger partial charge in [-0.25, -0.2) is 4.39 Å². The van der Waals surface area contributed by atoms with E-state index >= 15 is 0 Å². The van der Waals surface area contributed by atoms with Crippen LogP contribution >= 0.6 is 0 Å². The Bertz CT molecular complexity index is 409. The molecule has 5 heteroatoms. The van der Waals surface area contributed by atoms with Gasteiger partial charge in [0.25, 0.3) is 0 Å². The average molecular weight is 255 g/mol. The van der Waals surface area contributed by atoms with Gasteiger partial charge in [-0.2, -0.15) is 0 Å². The number of methoxy groups -OCH3 is 1. The summed E-state index contributed by atoms with van der Waals surface area (Å²) in [5, 5.41) is 2.92. The fourth-order valence-corrected chi connectivity index (χ4v) is 1.49. The third-order valence-corrected chi connectivity index (χ3v) is 2.43. The molecule has 4 nitrogen and oxygen atoms in total. The monoisotopic (exact) mass is 255 g/mol. The highest BCUT2D eigenvalue weighted by molar-refractivity contribution is 5.75. The van der Waals surface area contributed by atoms with Crippen molar-refractivity contribution in [2.24, 2.45) is 0 Å². The van der Waals surface area contributed by atoms with E-state index in [1.54, 1.807) is 12.1 Å². The van der Waals surface area contributed by atoms with E-state index in [2.05, 4.69) is 10.1 Å². The van der Waals surface area contributed by atoms with E-state index in [9.17, 15) is 9.18 Å². The summed E-state index contributed by atoms with van der Waals surface area (Å²) in [5.41, 5.74) is 0.893. The lowest BCUT2D eigenvalue weighted by molar-refractivity contribution is -0.143. The van der Waals surface area contributed by atoms with Crippen LogP contribution in [0.1, 0.15) is 12.5 Å². The summed E-state index contributed by atoms with van der Waals surface area (Å²) in [6.45, 7) is 4.33. The average Bonchev–Trinajstić information content (AvgIpc) is 2.37. The fourth-order valence-electron chi connectivity index (χ4n) is 1.49. The minimum Gasteiger partial charge on any atom is -0.488 e. The van der Waals surface area contributed by atoms with E-state index in [-0.39, 0.29) is 12.4 Å². The molecule has 0 aliphatic heterocycles. The molecule has 0 radical (unpaired) electrons. The van der Waals surface area contributed by atoms with Gasteiger partial charge in [0, 0.05) is 0 Å². The van der Waals surface area contributed by atoms with Crippen LogP contribution < -0.4 is 10.1 Å². The number of hydrogen-bond donors (Lipinski definition) is 1. The Labute approximate surface area is 106 Å². The second-order valence-corrected chi connectivity index (χ2v) is 3.88. The lowest BCUT2D eigenvalue weighted by atomic mass is 10.2. The van der Waals surface area contributed by atoms with Crippen molar-refractivity contribution < 1.29 is 18.7 Å². The topological polar surface area (TPSA) is 47.6 Å². The summed E-state index contributed by atoms with van der Waals surface area (Å²) in [6.07, 6.45) is 0. The van der Waals surface area contributed by atoms with Gasteiger partial charge in [-0.1, -0.05) is 13.0 Å². The van der Waals surface area contributed by atoms with Crippen molar-refractivity contribution >= 4 is 5.97 Å². The minimum atomic E-state index is -0.597. The van der Waals surface area contributed by atoms with Crippen LogP contribution in [0.4, 0.5) is 4.39 Å². The van der Waals surface area contributed by atoms with Crippen LogP contribution in [0.3, 0.4) is 0 Å². The molecule has 0 fully saturated rings. The van der Waals surface area contributed by atoms with Crippen molar-refractivity contribution in [1.29, 1.82) is 0 Å². The summed E-state index contributed by atoms with van der Waals surface area (Å²) < 4.78 is 23.4. The first kappa shape index (κ1) is 14.4. The third-order valence-electron chi connectivity index (χ3n) is 2.43. The summed E-state index contributed by atoms with van der Waals surface area (Å²) in [7, 11) is 1.31. The number of likely N-dealkylation sites (N-methyl/N-ethyl adjacent to an activating group) is 1. The van der Waals surface area contributed by atoms with Crippen molar-refractivity contribution in [3.05, 3.63) is 29.6 Å². The standard InChI is InChI=1S/C13H18FNO3/c1-4-15-11(13(16)17-3)8-18-12-7-9(2)5-6-10(12)14/h5-7,11,15H,4,8H2,1-3H3. The molecule has 0 aromatic heterocycles. The SMILES string of the molecule is CCNC(COc1cc(C)ccc1F)C(=O)OC. The predicted molar refractivity (Wildman–Crippen MR) is 66.1 cm³/mol. The Morgan fingerprint density at radius 2 is 2.22 bits per heavy atom. The van der Waals surface area contributed by atoms with Crippen molar-refractivity contribution in [2.45, 2.75) is 19.9 Å². The van der Waals surface area contributed by atoms with Gasteiger partial charge in [0.2, 0.25) is 0 Å². The molecule has 1 aromatic carbocycles. The molecule has 0 saturated carbocycles. The number of halogens is 1. The quantitative estimate of drug-likeness (QED) is 0.785. The van der Waals surface area contributed by atoms with E-state index in [4.69, 9.17) is 4.74 Å². The first-order valence-corrected chi connectivity index (χ1v) is 5.78. The van der Waals surface area contributed by atoms with Crippen LogP contribution in [-0.2, 0) is 9.53 Å². The molecule has 18 heavy (non-hydrogen) atoms. The first-order valence-electron chi connectivity index (χ1n) is 5.78. The maximum absolute atomic E-state index is 13.4. The molecule has 0 aliphatic rings. The number of hydrogen-bond acceptors (Lipinski definition) is 4. The molecule has 0 heterocycles. The van der Waals surface area contributed by atoms with Crippen LogP contribution in [0.2, 0.25) is 0 Å². The third kappa shape index (κ3) is 4.00. The largest absolute Gasteiger partial charge is 0.488 e. The zero-order valence-electron chi connectivity index (χ0n) is 10.8.